The van der Waals surface area contributed by atoms with Crippen LogP contribution < -0.4 is 16.6 Å². The first-order chi connectivity index (χ1) is 9.86. The van der Waals surface area contributed by atoms with Crippen molar-refractivity contribution in [3.63, 3.8) is 0 Å². The second kappa shape index (κ2) is 7.22. The lowest BCUT2D eigenvalue weighted by atomic mass is 10.1. The van der Waals surface area contributed by atoms with E-state index in [0.717, 1.165) is 0 Å². The number of amides is 2. The predicted octanol–water partition coefficient (Wildman–Crippen LogP) is -0.756. The smallest absolute Gasteiger partial charge is 0.326 e. The molecule has 114 valence electrons. The number of carbonyl (C=O) groups is 3. The van der Waals surface area contributed by atoms with Crippen LogP contribution in [0, 0.1) is 0 Å². The van der Waals surface area contributed by atoms with Gasteiger partial charge in [-0.1, -0.05) is 13.0 Å². The van der Waals surface area contributed by atoms with Crippen molar-refractivity contribution in [3.05, 3.63) is 34.7 Å². The van der Waals surface area contributed by atoms with Crippen LogP contribution in [-0.2, 0) is 14.4 Å². The van der Waals surface area contributed by atoms with Crippen molar-refractivity contribution in [3.8, 4) is 0 Å². The number of nitrogens with zero attached hydrogens (tertiary/aromatic N) is 1. The molecule has 0 radical (unpaired) electrons. The Hall–Kier alpha value is -2.64. The van der Waals surface area contributed by atoms with Gasteiger partial charge in [0, 0.05) is 12.3 Å². The molecule has 8 nitrogen and oxygen atoms in total. The van der Waals surface area contributed by atoms with Crippen LogP contribution in [0.15, 0.2) is 29.2 Å². The highest BCUT2D eigenvalue weighted by Crippen LogP contribution is 2.09. The van der Waals surface area contributed by atoms with Gasteiger partial charge in [-0.3, -0.25) is 14.4 Å². The molecule has 1 rings (SSSR count). The quantitative estimate of drug-likeness (QED) is 0.608. The number of pyridine rings is 1. The number of carboxylic acids is 1. The molecular formula is C13H17N3O5. The number of nitrogens with one attached hydrogen (secondary N) is 1. The Morgan fingerprint density at radius 1 is 1.38 bits per heavy atom. The topological polar surface area (TPSA) is 131 Å². The Kier molecular flexibility index (Phi) is 5.65. The van der Waals surface area contributed by atoms with Gasteiger partial charge in [0.2, 0.25) is 11.8 Å². The number of hydrogen-bond acceptors (Lipinski definition) is 4. The van der Waals surface area contributed by atoms with Crippen LogP contribution in [0.25, 0.3) is 0 Å². The number of primary amides is 1. The van der Waals surface area contributed by atoms with Crippen molar-refractivity contribution >= 4 is 17.8 Å². The second-order valence-corrected chi connectivity index (χ2v) is 4.44. The molecule has 0 aliphatic heterocycles. The van der Waals surface area contributed by atoms with Gasteiger partial charge in [-0.25, -0.2) is 4.79 Å². The maximum Gasteiger partial charge on any atom is 0.326 e. The summed E-state index contributed by atoms with van der Waals surface area (Å²) in [5, 5.41) is 11.2. The van der Waals surface area contributed by atoms with Crippen LogP contribution in [0.5, 0.6) is 0 Å². The fourth-order valence-corrected chi connectivity index (χ4v) is 1.87. The first-order valence-electron chi connectivity index (χ1n) is 6.35. The molecule has 0 aromatic carbocycles. The monoisotopic (exact) mass is 295 g/mol. The standard InChI is InChI=1S/C13H17N3O5/c1-2-9(16-6-4-3-5-11(16)18)12(19)15-8(13(20)21)7-10(14)17/h3-6,8-9H,2,7H2,1H3,(H2,14,17)(H,15,19)(H,20,21). The van der Waals surface area contributed by atoms with E-state index in [2.05, 4.69) is 5.32 Å². The SMILES string of the molecule is CCC(C(=O)NC(CC(N)=O)C(=O)O)n1ccccc1=O. The van der Waals surface area contributed by atoms with Crippen molar-refractivity contribution in [2.24, 2.45) is 5.73 Å². The molecule has 0 saturated heterocycles. The molecule has 2 unspecified atom stereocenters. The molecule has 21 heavy (non-hydrogen) atoms. The summed E-state index contributed by atoms with van der Waals surface area (Å²) in [7, 11) is 0. The molecular weight excluding hydrogens is 278 g/mol. The van der Waals surface area contributed by atoms with E-state index < -0.39 is 36.3 Å². The van der Waals surface area contributed by atoms with E-state index in [1.807, 2.05) is 0 Å². The molecule has 0 aliphatic carbocycles. The Balaban J connectivity index is 2.94. The van der Waals surface area contributed by atoms with Crippen LogP contribution >= 0.6 is 0 Å². The summed E-state index contributed by atoms with van der Waals surface area (Å²) in [6, 6.07) is 2.16. The molecule has 4 N–H and O–H groups in total. The maximum absolute atomic E-state index is 12.1. The lowest BCUT2D eigenvalue weighted by molar-refractivity contribution is -0.143. The van der Waals surface area contributed by atoms with Gasteiger partial charge in [-0.05, 0) is 12.5 Å². The molecule has 0 spiro atoms. The van der Waals surface area contributed by atoms with E-state index in [9.17, 15) is 19.2 Å². The molecule has 1 aromatic heterocycles. The third kappa shape index (κ3) is 4.44. The van der Waals surface area contributed by atoms with Crippen LogP contribution in [0.3, 0.4) is 0 Å². The van der Waals surface area contributed by atoms with Gasteiger partial charge in [0.05, 0.1) is 6.42 Å². The zero-order chi connectivity index (χ0) is 16.0. The zero-order valence-corrected chi connectivity index (χ0v) is 11.5. The van der Waals surface area contributed by atoms with Gasteiger partial charge in [0.25, 0.3) is 5.56 Å². The number of carboxylic acid groups (broad SMARTS) is 1. The third-order valence-electron chi connectivity index (χ3n) is 2.90. The van der Waals surface area contributed by atoms with Crippen LogP contribution in [0.1, 0.15) is 25.8 Å². The third-order valence-corrected chi connectivity index (χ3v) is 2.90. The molecule has 0 aliphatic rings. The van der Waals surface area contributed by atoms with E-state index in [1.165, 1.54) is 22.9 Å². The number of carbonyl (C=O) groups excluding carboxylic acids is 2. The van der Waals surface area contributed by atoms with Crippen molar-refractivity contribution in [1.82, 2.24) is 9.88 Å². The first kappa shape index (κ1) is 16.4. The van der Waals surface area contributed by atoms with Gasteiger partial charge in [0.1, 0.15) is 12.1 Å². The number of aliphatic carboxylic acids is 1. The summed E-state index contributed by atoms with van der Waals surface area (Å²) in [4.78, 5) is 45.7. The Bertz CT molecular complexity index is 595. The summed E-state index contributed by atoms with van der Waals surface area (Å²) in [6.45, 7) is 1.69. The minimum absolute atomic E-state index is 0.290. The molecule has 0 saturated carbocycles. The van der Waals surface area contributed by atoms with Crippen molar-refractivity contribution in [2.45, 2.75) is 31.8 Å². The van der Waals surface area contributed by atoms with Crippen molar-refractivity contribution in [2.75, 3.05) is 0 Å². The average molecular weight is 295 g/mol. The lowest BCUT2D eigenvalue weighted by Crippen LogP contribution is -2.47. The highest BCUT2D eigenvalue weighted by Gasteiger charge is 2.26. The maximum atomic E-state index is 12.1. The molecule has 1 aromatic rings. The number of nitrogens with two attached hydrogens (primary N) is 1. The van der Waals surface area contributed by atoms with Gasteiger partial charge in [0.15, 0.2) is 0 Å². The van der Waals surface area contributed by atoms with Gasteiger partial charge in [-0.2, -0.15) is 0 Å². The number of rotatable bonds is 7. The molecule has 0 fully saturated rings. The summed E-state index contributed by atoms with van der Waals surface area (Å²) in [5.74, 6) is -2.86. The highest BCUT2D eigenvalue weighted by atomic mass is 16.4. The minimum Gasteiger partial charge on any atom is -0.480 e. The first-order valence-corrected chi connectivity index (χ1v) is 6.35. The Morgan fingerprint density at radius 2 is 2.05 bits per heavy atom. The van der Waals surface area contributed by atoms with Crippen LogP contribution in [0.4, 0.5) is 0 Å². The molecule has 8 heteroatoms. The van der Waals surface area contributed by atoms with E-state index in [4.69, 9.17) is 10.8 Å². The summed E-state index contributed by atoms with van der Waals surface area (Å²) >= 11 is 0. The normalized spacial score (nSPS) is 13.2. The number of aromatic nitrogens is 1. The predicted molar refractivity (Wildman–Crippen MR) is 73.4 cm³/mol. The second-order valence-electron chi connectivity index (χ2n) is 4.44. The fourth-order valence-electron chi connectivity index (χ4n) is 1.87. The zero-order valence-electron chi connectivity index (χ0n) is 11.5. The van der Waals surface area contributed by atoms with E-state index in [1.54, 1.807) is 13.0 Å². The molecule has 0 bridgehead atoms. The van der Waals surface area contributed by atoms with Gasteiger partial charge < -0.3 is 20.7 Å². The Morgan fingerprint density at radius 3 is 2.52 bits per heavy atom. The Labute approximate surface area is 120 Å². The van der Waals surface area contributed by atoms with Crippen LogP contribution in [0.2, 0.25) is 0 Å². The summed E-state index contributed by atoms with van der Waals surface area (Å²) < 4.78 is 1.21. The van der Waals surface area contributed by atoms with E-state index in [0.29, 0.717) is 6.42 Å². The van der Waals surface area contributed by atoms with Crippen molar-refractivity contribution in [1.29, 1.82) is 0 Å². The largest absolute Gasteiger partial charge is 0.480 e. The average Bonchev–Trinajstić information content (AvgIpc) is 2.40. The van der Waals surface area contributed by atoms with Crippen molar-refractivity contribution < 1.29 is 19.5 Å². The van der Waals surface area contributed by atoms with Gasteiger partial charge >= 0.3 is 5.97 Å². The summed E-state index contributed by atoms with van der Waals surface area (Å²) in [6.07, 6.45) is 1.22. The molecule has 2 amide bonds. The van der Waals surface area contributed by atoms with E-state index >= 15 is 0 Å². The highest BCUT2D eigenvalue weighted by molar-refractivity contribution is 5.89. The minimum atomic E-state index is -1.41. The summed E-state index contributed by atoms with van der Waals surface area (Å²) in [5.41, 5.74) is 4.57. The lowest BCUT2D eigenvalue weighted by Gasteiger charge is -2.20. The number of hydrogen-bond donors (Lipinski definition) is 3. The molecule has 1 heterocycles. The fraction of sp³-hybridized carbons (Fsp3) is 0.385. The van der Waals surface area contributed by atoms with Gasteiger partial charge in [-0.15, -0.1) is 0 Å². The molecule has 2 atom stereocenters. The van der Waals surface area contributed by atoms with Crippen LogP contribution in [-0.4, -0.2) is 33.5 Å². The van der Waals surface area contributed by atoms with E-state index in [-0.39, 0.29) is 5.56 Å².